The van der Waals surface area contributed by atoms with E-state index in [0.29, 0.717) is 18.7 Å². The Balaban J connectivity index is 2.76. The molecule has 0 spiro atoms. The van der Waals surface area contributed by atoms with Crippen LogP contribution in [0.25, 0.3) is 0 Å². The lowest BCUT2D eigenvalue weighted by Crippen LogP contribution is -2.18. The fraction of sp³-hybridized carbons (Fsp3) is 0.300. The third kappa shape index (κ3) is 3.09. The summed E-state index contributed by atoms with van der Waals surface area (Å²) >= 11 is 3.28. The number of hydrogen-bond donors (Lipinski definition) is 0. The summed E-state index contributed by atoms with van der Waals surface area (Å²) in [5, 5.41) is 8.44. The summed E-state index contributed by atoms with van der Waals surface area (Å²) in [6.45, 7) is 0.741. The first-order chi connectivity index (χ1) is 6.63. The second kappa shape index (κ2) is 5.08. The Kier molecular flexibility index (Phi) is 4.05. The van der Waals surface area contributed by atoms with Gasteiger partial charge in [-0.15, -0.1) is 0 Å². The van der Waals surface area contributed by atoms with E-state index in [2.05, 4.69) is 15.9 Å². The van der Waals surface area contributed by atoms with Gasteiger partial charge in [0.15, 0.2) is 0 Å². The number of hydrogen-bond acceptors (Lipinski definition) is 2. The van der Waals surface area contributed by atoms with Crippen molar-refractivity contribution in [1.82, 2.24) is 4.90 Å². The Hall–Kier alpha value is -0.920. The van der Waals surface area contributed by atoms with E-state index in [1.807, 2.05) is 6.07 Å². The average Bonchev–Trinajstić information content (AvgIpc) is 2.12. The number of halogens is 2. The molecule has 0 bridgehead atoms. The maximum atomic E-state index is 13.2. The first-order valence-electron chi connectivity index (χ1n) is 4.13. The van der Waals surface area contributed by atoms with Gasteiger partial charge in [0.2, 0.25) is 0 Å². The summed E-state index contributed by atoms with van der Waals surface area (Å²) in [7, 11) is 1.78. The molecule has 74 valence electrons. The molecule has 1 rings (SSSR count). The quantitative estimate of drug-likeness (QED) is 0.778. The Bertz CT molecular complexity index is 360. The third-order valence-corrected chi connectivity index (χ3v) is 2.28. The van der Waals surface area contributed by atoms with Crippen molar-refractivity contribution in [3.05, 3.63) is 34.1 Å². The molecule has 0 heterocycles. The van der Waals surface area contributed by atoms with Gasteiger partial charge in [-0.3, -0.25) is 4.90 Å². The van der Waals surface area contributed by atoms with Crippen LogP contribution in [0.5, 0.6) is 0 Å². The van der Waals surface area contributed by atoms with Crippen molar-refractivity contribution in [1.29, 1.82) is 5.26 Å². The molecular weight excluding hydrogens is 247 g/mol. The van der Waals surface area contributed by atoms with Gasteiger partial charge in [0.25, 0.3) is 0 Å². The molecule has 1 aromatic rings. The highest BCUT2D eigenvalue weighted by molar-refractivity contribution is 9.10. The van der Waals surface area contributed by atoms with Crippen LogP contribution in [0, 0.1) is 17.1 Å². The summed E-state index contributed by atoms with van der Waals surface area (Å²) < 4.78 is 14.1. The number of nitrogens with zero attached hydrogens (tertiary/aromatic N) is 2. The van der Waals surface area contributed by atoms with Crippen molar-refractivity contribution in [3.8, 4) is 6.07 Å². The summed E-state index contributed by atoms with van der Waals surface area (Å²) in [4.78, 5) is 1.75. The topological polar surface area (TPSA) is 27.0 Å². The average molecular weight is 257 g/mol. The maximum Gasteiger partial charge on any atom is 0.127 e. The highest BCUT2D eigenvalue weighted by atomic mass is 79.9. The van der Waals surface area contributed by atoms with Crippen molar-refractivity contribution in [3.63, 3.8) is 0 Å². The van der Waals surface area contributed by atoms with Gasteiger partial charge in [-0.25, -0.2) is 4.39 Å². The normalized spacial score (nSPS) is 10.2. The minimum Gasteiger partial charge on any atom is -0.289 e. The van der Waals surface area contributed by atoms with Crippen molar-refractivity contribution in [2.45, 2.75) is 6.54 Å². The molecule has 4 heteroatoms. The number of nitriles is 1. The molecule has 0 fully saturated rings. The highest BCUT2D eigenvalue weighted by Crippen LogP contribution is 2.16. The van der Waals surface area contributed by atoms with Gasteiger partial charge in [-0.1, -0.05) is 15.9 Å². The maximum absolute atomic E-state index is 13.2. The van der Waals surface area contributed by atoms with E-state index in [1.165, 1.54) is 6.07 Å². The van der Waals surface area contributed by atoms with Crippen LogP contribution in [0.4, 0.5) is 4.39 Å². The monoisotopic (exact) mass is 256 g/mol. The minimum absolute atomic E-state index is 0.238. The number of benzene rings is 1. The zero-order chi connectivity index (χ0) is 10.6. The lowest BCUT2D eigenvalue weighted by Gasteiger charge is -2.12. The SMILES string of the molecule is CN(CC#N)Cc1cc(Br)ccc1F. The van der Waals surface area contributed by atoms with Crippen LogP contribution >= 0.6 is 15.9 Å². The van der Waals surface area contributed by atoms with Gasteiger partial charge in [-0.2, -0.15) is 5.26 Å². The molecule has 0 atom stereocenters. The third-order valence-electron chi connectivity index (χ3n) is 1.79. The Morgan fingerprint density at radius 2 is 2.29 bits per heavy atom. The van der Waals surface area contributed by atoms with E-state index in [9.17, 15) is 4.39 Å². The molecule has 0 unspecified atom stereocenters. The fourth-order valence-electron chi connectivity index (χ4n) is 1.13. The summed E-state index contributed by atoms with van der Waals surface area (Å²) in [5.74, 6) is -0.238. The molecule has 0 N–H and O–H groups in total. The van der Waals surface area contributed by atoms with Crippen molar-refractivity contribution in [2.24, 2.45) is 0 Å². The zero-order valence-electron chi connectivity index (χ0n) is 7.80. The second-order valence-electron chi connectivity index (χ2n) is 3.07. The molecule has 1 aromatic carbocycles. The fourth-order valence-corrected chi connectivity index (χ4v) is 1.54. The zero-order valence-corrected chi connectivity index (χ0v) is 9.38. The molecule has 2 nitrogen and oxygen atoms in total. The smallest absolute Gasteiger partial charge is 0.127 e. The highest BCUT2D eigenvalue weighted by Gasteiger charge is 2.05. The van der Waals surface area contributed by atoms with Crippen molar-refractivity contribution >= 4 is 15.9 Å². The molecule has 0 amide bonds. The number of rotatable bonds is 3. The van der Waals surface area contributed by atoms with Crippen LogP contribution in [-0.4, -0.2) is 18.5 Å². The predicted octanol–water partition coefficient (Wildman–Crippen LogP) is 2.54. The van der Waals surface area contributed by atoms with E-state index in [0.717, 1.165) is 4.47 Å². The van der Waals surface area contributed by atoms with Crippen LogP contribution in [0.3, 0.4) is 0 Å². The van der Waals surface area contributed by atoms with Gasteiger partial charge in [-0.05, 0) is 25.2 Å². The lowest BCUT2D eigenvalue weighted by atomic mass is 10.2. The summed E-state index contributed by atoms with van der Waals surface area (Å²) in [6.07, 6.45) is 0. The van der Waals surface area contributed by atoms with Gasteiger partial charge in [0, 0.05) is 16.6 Å². The van der Waals surface area contributed by atoms with Crippen LogP contribution in [0.1, 0.15) is 5.56 Å². The molecule has 14 heavy (non-hydrogen) atoms. The minimum atomic E-state index is -0.238. The largest absolute Gasteiger partial charge is 0.289 e. The second-order valence-corrected chi connectivity index (χ2v) is 3.98. The van der Waals surface area contributed by atoms with Gasteiger partial charge < -0.3 is 0 Å². The van der Waals surface area contributed by atoms with Gasteiger partial charge >= 0.3 is 0 Å². The molecule has 0 aliphatic carbocycles. The Morgan fingerprint density at radius 1 is 1.57 bits per heavy atom. The van der Waals surface area contributed by atoms with Crippen LogP contribution < -0.4 is 0 Å². The Labute approximate surface area is 91.1 Å². The molecule has 0 saturated heterocycles. The molecule has 0 aromatic heterocycles. The van der Waals surface area contributed by atoms with Gasteiger partial charge in [0.1, 0.15) is 5.82 Å². The van der Waals surface area contributed by atoms with E-state index in [4.69, 9.17) is 5.26 Å². The van der Waals surface area contributed by atoms with Crippen molar-refractivity contribution < 1.29 is 4.39 Å². The lowest BCUT2D eigenvalue weighted by molar-refractivity contribution is 0.359. The molecular formula is C10H10BrFN2. The van der Waals surface area contributed by atoms with E-state index >= 15 is 0 Å². The van der Waals surface area contributed by atoms with E-state index in [1.54, 1.807) is 24.1 Å². The first-order valence-corrected chi connectivity index (χ1v) is 4.92. The Morgan fingerprint density at radius 3 is 2.93 bits per heavy atom. The molecule has 0 saturated carbocycles. The van der Waals surface area contributed by atoms with E-state index in [-0.39, 0.29) is 5.82 Å². The van der Waals surface area contributed by atoms with Crippen LogP contribution in [0.2, 0.25) is 0 Å². The predicted molar refractivity (Wildman–Crippen MR) is 56.0 cm³/mol. The van der Waals surface area contributed by atoms with Crippen LogP contribution in [-0.2, 0) is 6.54 Å². The van der Waals surface area contributed by atoms with Crippen LogP contribution in [0.15, 0.2) is 22.7 Å². The molecule has 0 aliphatic heterocycles. The molecule has 0 radical (unpaired) electrons. The van der Waals surface area contributed by atoms with E-state index < -0.39 is 0 Å². The molecule has 0 aliphatic rings. The summed E-state index contributed by atoms with van der Waals surface area (Å²) in [6, 6.07) is 6.81. The van der Waals surface area contributed by atoms with Gasteiger partial charge in [0.05, 0.1) is 12.6 Å². The standard InChI is InChI=1S/C10H10BrFN2/c1-14(5-4-13)7-8-6-9(11)2-3-10(8)12/h2-3,6H,5,7H2,1H3. The summed E-state index contributed by atoms with van der Waals surface area (Å²) in [5.41, 5.74) is 0.595. The first kappa shape index (κ1) is 11.2. The van der Waals surface area contributed by atoms with Crippen molar-refractivity contribution in [2.75, 3.05) is 13.6 Å².